The van der Waals surface area contributed by atoms with Crippen LogP contribution in [0.1, 0.15) is 12.5 Å². The van der Waals surface area contributed by atoms with Gasteiger partial charge in [-0.25, -0.2) is 8.78 Å². The van der Waals surface area contributed by atoms with Crippen LogP contribution >= 0.6 is 0 Å². The first-order valence-electron chi connectivity index (χ1n) is 9.34. The van der Waals surface area contributed by atoms with E-state index in [4.69, 9.17) is 4.74 Å². The quantitative estimate of drug-likeness (QED) is 0.341. The first kappa shape index (κ1) is 22.1. The van der Waals surface area contributed by atoms with E-state index in [0.29, 0.717) is 31.3 Å². The first-order chi connectivity index (χ1) is 14.0. The maximum Gasteiger partial charge on any atom is 0.224 e. The minimum atomic E-state index is -0.346. The van der Waals surface area contributed by atoms with Gasteiger partial charge in [-0.2, -0.15) is 0 Å². The van der Waals surface area contributed by atoms with Gasteiger partial charge >= 0.3 is 0 Å². The Labute approximate surface area is 169 Å². The van der Waals surface area contributed by atoms with E-state index in [-0.39, 0.29) is 30.1 Å². The lowest BCUT2D eigenvalue weighted by molar-refractivity contribution is -0.120. The zero-order valence-corrected chi connectivity index (χ0v) is 16.5. The molecule has 0 heterocycles. The van der Waals surface area contributed by atoms with Gasteiger partial charge in [0.05, 0.1) is 13.0 Å². The number of nitrogens with one attached hydrogen (secondary N) is 3. The molecule has 0 aromatic heterocycles. The molecule has 0 radical (unpaired) electrons. The summed E-state index contributed by atoms with van der Waals surface area (Å²) in [6.07, 6.45) is -0.00638. The number of carbonyl (C=O) groups excluding carboxylic acids is 1. The molecule has 2 rings (SSSR count). The second-order valence-corrected chi connectivity index (χ2v) is 6.42. The zero-order chi connectivity index (χ0) is 21.1. The molecule has 3 N–H and O–H groups in total. The van der Waals surface area contributed by atoms with Crippen molar-refractivity contribution >= 4 is 11.9 Å². The molecule has 0 saturated heterocycles. The molecule has 0 aliphatic rings. The molecule has 0 fully saturated rings. The van der Waals surface area contributed by atoms with Crippen LogP contribution in [0.25, 0.3) is 0 Å². The average molecular weight is 404 g/mol. The molecule has 29 heavy (non-hydrogen) atoms. The Morgan fingerprint density at radius 3 is 2.45 bits per heavy atom. The molecular formula is C21H26F2N4O2. The van der Waals surface area contributed by atoms with Crippen molar-refractivity contribution in [3.8, 4) is 5.75 Å². The van der Waals surface area contributed by atoms with Crippen molar-refractivity contribution in [2.24, 2.45) is 4.99 Å². The number of aliphatic imine (C=N–C) groups is 1. The van der Waals surface area contributed by atoms with E-state index in [1.807, 2.05) is 6.92 Å². The highest BCUT2D eigenvalue weighted by atomic mass is 19.1. The molecule has 8 heteroatoms. The molecule has 0 saturated carbocycles. The first-order valence-corrected chi connectivity index (χ1v) is 9.34. The van der Waals surface area contributed by atoms with Crippen LogP contribution in [-0.4, -0.2) is 44.7 Å². The Kier molecular flexibility index (Phi) is 8.88. The molecule has 1 unspecified atom stereocenters. The molecule has 6 nitrogen and oxygen atoms in total. The second kappa shape index (κ2) is 11.6. The maximum atomic E-state index is 13.2. The third kappa shape index (κ3) is 8.59. The smallest absolute Gasteiger partial charge is 0.224 e. The summed E-state index contributed by atoms with van der Waals surface area (Å²) in [6.45, 7) is 3.22. The molecule has 0 aliphatic heterocycles. The Morgan fingerprint density at radius 1 is 1.03 bits per heavy atom. The fraction of sp³-hybridized carbons (Fsp3) is 0.333. The molecule has 1 atom stereocenters. The normalized spacial score (nSPS) is 12.2. The Hall–Kier alpha value is -3.16. The van der Waals surface area contributed by atoms with E-state index >= 15 is 0 Å². The van der Waals surface area contributed by atoms with Crippen molar-refractivity contribution in [3.05, 3.63) is 65.7 Å². The predicted octanol–water partition coefficient (Wildman–Crippen LogP) is 2.26. The molecule has 0 aliphatic carbocycles. The minimum Gasteiger partial charge on any atom is -0.489 e. The molecule has 0 spiro atoms. The summed E-state index contributed by atoms with van der Waals surface area (Å²) in [5.74, 6) is 0.214. The lowest BCUT2D eigenvalue weighted by Gasteiger charge is -2.18. The molecule has 2 aromatic carbocycles. The van der Waals surface area contributed by atoms with Crippen LogP contribution in [0.5, 0.6) is 5.75 Å². The Morgan fingerprint density at radius 2 is 1.76 bits per heavy atom. The van der Waals surface area contributed by atoms with Gasteiger partial charge in [0.2, 0.25) is 5.91 Å². The highest BCUT2D eigenvalue weighted by Crippen LogP contribution is 2.13. The summed E-state index contributed by atoms with van der Waals surface area (Å²) in [5.41, 5.74) is 0.752. The van der Waals surface area contributed by atoms with Gasteiger partial charge < -0.3 is 20.7 Å². The molecule has 2 aromatic rings. The van der Waals surface area contributed by atoms with Gasteiger partial charge in [0.15, 0.2) is 5.96 Å². The fourth-order valence-electron chi connectivity index (χ4n) is 2.51. The number of guanidine groups is 1. The van der Waals surface area contributed by atoms with Gasteiger partial charge in [0, 0.05) is 26.2 Å². The maximum absolute atomic E-state index is 13.2. The number of rotatable bonds is 9. The topological polar surface area (TPSA) is 74.8 Å². The van der Waals surface area contributed by atoms with Gasteiger partial charge in [-0.15, -0.1) is 0 Å². The number of ether oxygens (including phenoxy) is 1. The van der Waals surface area contributed by atoms with E-state index < -0.39 is 0 Å². The van der Waals surface area contributed by atoms with Crippen molar-refractivity contribution in [2.45, 2.75) is 19.4 Å². The lowest BCUT2D eigenvalue weighted by Crippen LogP contribution is -2.44. The molecule has 1 amide bonds. The minimum absolute atomic E-state index is 0.140. The molecule has 0 bridgehead atoms. The molecular weight excluding hydrogens is 378 g/mol. The van der Waals surface area contributed by atoms with Crippen LogP contribution in [0.2, 0.25) is 0 Å². The third-order valence-electron chi connectivity index (χ3n) is 3.93. The lowest BCUT2D eigenvalue weighted by atomic mass is 10.1. The van der Waals surface area contributed by atoms with Crippen molar-refractivity contribution in [1.82, 2.24) is 16.0 Å². The van der Waals surface area contributed by atoms with Gasteiger partial charge in [-0.3, -0.25) is 9.79 Å². The average Bonchev–Trinajstić information content (AvgIpc) is 2.69. The van der Waals surface area contributed by atoms with Gasteiger partial charge in [-0.1, -0.05) is 18.2 Å². The van der Waals surface area contributed by atoms with Crippen molar-refractivity contribution in [1.29, 1.82) is 0 Å². The summed E-state index contributed by atoms with van der Waals surface area (Å²) in [6, 6.07) is 11.8. The largest absolute Gasteiger partial charge is 0.489 e. The van der Waals surface area contributed by atoms with Crippen LogP contribution in [0, 0.1) is 11.6 Å². The third-order valence-corrected chi connectivity index (χ3v) is 3.93. The standard InChI is InChI=1S/C21H26F2N4O2/c1-15(29-19-5-3-4-18(23)13-19)14-27-21(24-2)26-11-10-25-20(28)12-16-6-8-17(22)9-7-16/h3-9,13,15H,10-12,14H2,1-2H3,(H,25,28)(H2,24,26,27). The summed E-state index contributed by atoms with van der Waals surface area (Å²) in [5, 5.41) is 8.98. The van der Waals surface area contributed by atoms with Crippen LogP contribution in [0.15, 0.2) is 53.5 Å². The van der Waals surface area contributed by atoms with E-state index in [1.54, 1.807) is 31.3 Å². The number of hydrogen-bond acceptors (Lipinski definition) is 3. The van der Waals surface area contributed by atoms with Crippen LogP contribution < -0.4 is 20.7 Å². The van der Waals surface area contributed by atoms with Crippen LogP contribution in [-0.2, 0) is 11.2 Å². The van der Waals surface area contributed by atoms with E-state index in [9.17, 15) is 13.6 Å². The fourth-order valence-corrected chi connectivity index (χ4v) is 2.51. The van der Waals surface area contributed by atoms with E-state index in [1.165, 1.54) is 24.3 Å². The zero-order valence-electron chi connectivity index (χ0n) is 16.5. The van der Waals surface area contributed by atoms with Crippen molar-refractivity contribution in [2.75, 3.05) is 26.7 Å². The number of halogens is 2. The predicted molar refractivity (Wildman–Crippen MR) is 109 cm³/mol. The second-order valence-electron chi connectivity index (χ2n) is 6.42. The summed E-state index contributed by atoms with van der Waals surface area (Å²) >= 11 is 0. The monoisotopic (exact) mass is 404 g/mol. The number of hydrogen-bond donors (Lipinski definition) is 3. The Balaban J connectivity index is 1.63. The number of amides is 1. The molecule has 156 valence electrons. The highest BCUT2D eigenvalue weighted by molar-refractivity contribution is 5.80. The van der Waals surface area contributed by atoms with E-state index in [2.05, 4.69) is 20.9 Å². The highest BCUT2D eigenvalue weighted by Gasteiger charge is 2.07. The van der Waals surface area contributed by atoms with Crippen LogP contribution in [0.3, 0.4) is 0 Å². The van der Waals surface area contributed by atoms with Crippen molar-refractivity contribution < 1.29 is 18.3 Å². The number of benzene rings is 2. The number of nitrogens with zero attached hydrogens (tertiary/aromatic N) is 1. The van der Waals surface area contributed by atoms with Crippen LogP contribution in [0.4, 0.5) is 8.78 Å². The summed E-state index contributed by atoms with van der Waals surface area (Å²) in [7, 11) is 1.64. The summed E-state index contributed by atoms with van der Waals surface area (Å²) < 4.78 is 31.7. The van der Waals surface area contributed by atoms with Crippen molar-refractivity contribution in [3.63, 3.8) is 0 Å². The Bertz CT molecular complexity index is 813. The SMILES string of the molecule is CN=C(NCCNC(=O)Cc1ccc(F)cc1)NCC(C)Oc1cccc(F)c1. The summed E-state index contributed by atoms with van der Waals surface area (Å²) in [4.78, 5) is 16.0. The van der Waals surface area contributed by atoms with E-state index in [0.717, 1.165) is 5.56 Å². The van der Waals surface area contributed by atoms with Gasteiger partial charge in [0.1, 0.15) is 23.5 Å². The van der Waals surface area contributed by atoms with Gasteiger partial charge in [-0.05, 0) is 36.8 Å². The van der Waals surface area contributed by atoms with Gasteiger partial charge in [0.25, 0.3) is 0 Å². The number of carbonyl (C=O) groups is 1.